The Bertz CT molecular complexity index is 847. The van der Waals surface area contributed by atoms with Crippen LogP contribution >= 0.6 is 0 Å². The fourth-order valence-electron chi connectivity index (χ4n) is 5.68. The number of nitrogens with zero attached hydrogens (tertiary/aromatic N) is 3. The number of hydrogen-bond donors (Lipinski definition) is 1. The van der Waals surface area contributed by atoms with Crippen LogP contribution in [0.3, 0.4) is 0 Å². The van der Waals surface area contributed by atoms with Gasteiger partial charge in [-0.05, 0) is 40.0 Å². The van der Waals surface area contributed by atoms with Gasteiger partial charge >= 0.3 is 0 Å². The normalized spacial score (nSPS) is 34.5. The minimum absolute atomic E-state index is 0.101. The topological polar surface area (TPSA) is 90.4 Å². The van der Waals surface area contributed by atoms with Crippen molar-refractivity contribution in [2.24, 2.45) is 11.8 Å². The number of carbonyl (C=O) groups excluding carboxylic acids is 3. The molecule has 0 aliphatic carbocycles. The summed E-state index contributed by atoms with van der Waals surface area (Å²) in [5, 5.41) is 9.12. The molecule has 1 spiro atoms. The summed E-state index contributed by atoms with van der Waals surface area (Å²) in [4.78, 5) is 46.1. The van der Waals surface area contributed by atoms with Gasteiger partial charge in [0.15, 0.2) is 0 Å². The molecule has 176 valence electrons. The van der Waals surface area contributed by atoms with Crippen molar-refractivity contribution in [2.45, 2.75) is 63.3 Å². The second-order valence-electron chi connectivity index (χ2n) is 10.3. The van der Waals surface area contributed by atoms with Crippen molar-refractivity contribution in [3.63, 3.8) is 0 Å². The maximum atomic E-state index is 13.9. The lowest BCUT2D eigenvalue weighted by Gasteiger charge is -2.40. The average molecular weight is 446 g/mol. The second-order valence-corrected chi connectivity index (χ2v) is 10.3. The van der Waals surface area contributed by atoms with E-state index in [1.807, 2.05) is 45.1 Å². The lowest BCUT2D eigenvalue weighted by molar-refractivity contribution is -0.151. The number of fused-ring (bicyclic) bond motifs is 2. The summed E-state index contributed by atoms with van der Waals surface area (Å²) in [5.74, 6) is -1.81. The van der Waals surface area contributed by atoms with Crippen LogP contribution in [0.25, 0.3) is 0 Å². The van der Waals surface area contributed by atoms with Gasteiger partial charge in [-0.25, -0.2) is 0 Å². The highest BCUT2D eigenvalue weighted by molar-refractivity contribution is 5.99. The van der Waals surface area contributed by atoms with Gasteiger partial charge in [0.2, 0.25) is 17.7 Å². The van der Waals surface area contributed by atoms with E-state index in [1.165, 1.54) is 0 Å². The highest BCUT2D eigenvalue weighted by atomic mass is 16.5. The summed E-state index contributed by atoms with van der Waals surface area (Å²) in [6, 6.07) is -0.800. The highest BCUT2D eigenvalue weighted by Gasteiger charge is 2.71. The lowest BCUT2D eigenvalue weighted by Crippen LogP contribution is -2.58. The smallest absolute Gasteiger partial charge is 0.249 e. The number of aliphatic hydroxyl groups is 1. The number of likely N-dealkylation sites (tertiary alicyclic amines) is 1. The van der Waals surface area contributed by atoms with Crippen LogP contribution in [0.2, 0.25) is 0 Å². The van der Waals surface area contributed by atoms with Gasteiger partial charge in [0, 0.05) is 38.8 Å². The third-order valence-corrected chi connectivity index (χ3v) is 7.23. The number of amides is 3. The van der Waals surface area contributed by atoms with Gasteiger partial charge in [-0.15, -0.1) is 0 Å². The van der Waals surface area contributed by atoms with Gasteiger partial charge < -0.3 is 24.5 Å². The van der Waals surface area contributed by atoms with Crippen LogP contribution in [0.5, 0.6) is 0 Å². The fraction of sp³-hybridized carbons (Fsp3) is 0.708. The van der Waals surface area contributed by atoms with Gasteiger partial charge in [-0.1, -0.05) is 24.3 Å². The van der Waals surface area contributed by atoms with Gasteiger partial charge in [0.1, 0.15) is 11.6 Å². The first-order valence-corrected chi connectivity index (χ1v) is 11.6. The minimum Gasteiger partial charge on any atom is -0.396 e. The van der Waals surface area contributed by atoms with E-state index in [4.69, 9.17) is 9.84 Å². The molecule has 2 saturated heterocycles. The Morgan fingerprint density at radius 2 is 1.81 bits per heavy atom. The molecule has 0 aromatic carbocycles. The SMILES string of the molecule is CN1CC=C[C@@H]2O[C@]34C=CCN(C(C)(C)C)C(=O)C3N(CCCCCO)C(=O)[C@@H]4[C@@H]2C1=O. The van der Waals surface area contributed by atoms with Crippen LogP contribution in [-0.2, 0) is 19.1 Å². The Morgan fingerprint density at radius 3 is 2.50 bits per heavy atom. The van der Waals surface area contributed by atoms with Crippen molar-refractivity contribution in [2.75, 3.05) is 33.3 Å². The monoisotopic (exact) mass is 445 g/mol. The van der Waals surface area contributed by atoms with Gasteiger partial charge in [-0.3, -0.25) is 14.4 Å². The van der Waals surface area contributed by atoms with E-state index in [0.717, 1.165) is 6.42 Å². The van der Waals surface area contributed by atoms with Crippen molar-refractivity contribution in [1.82, 2.24) is 14.7 Å². The number of likely N-dealkylation sites (N-methyl/N-ethyl adjacent to an activating group) is 1. The van der Waals surface area contributed by atoms with E-state index in [2.05, 4.69) is 0 Å². The molecule has 0 saturated carbocycles. The molecule has 8 heteroatoms. The zero-order valence-corrected chi connectivity index (χ0v) is 19.5. The third-order valence-electron chi connectivity index (χ3n) is 7.23. The van der Waals surface area contributed by atoms with E-state index in [1.54, 1.807) is 21.7 Å². The van der Waals surface area contributed by atoms with E-state index in [9.17, 15) is 14.4 Å². The first kappa shape index (κ1) is 23.0. The zero-order chi connectivity index (χ0) is 23.3. The lowest BCUT2D eigenvalue weighted by atomic mass is 9.77. The molecule has 0 aromatic rings. The Labute approximate surface area is 189 Å². The molecule has 4 rings (SSSR count). The van der Waals surface area contributed by atoms with Crippen LogP contribution in [0.15, 0.2) is 24.3 Å². The molecule has 1 unspecified atom stereocenters. The third kappa shape index (κ3) is 3.48. The van der Waals surface area contributed by atoms with Crippen LogP contribution in [0.4, 0.5) is 0 Å². The Morgan fingerprint density at radius 1 is 1.06 bits per heavy atom. The van der Waals surface area contributed by atoms with Gasteiger partial charge in [-0.2, -0.15) is 0 Å². The molecule has 8 nitrogen and oxygen atoms in total. The van der Waals surface area contributed by atoms with Gasteiger partial charge in [0.05, 0.1) is 17.9 Å². The first-order chi connectivity index (χ1) is 15.1. The summed E-state index contributed by atoms with van der Waals surface area (Å²) in [6.07, 6.45) is 9.14. The standard InChI is InChI=1S/C24H35N3O5/c1-23(2,3)27-14-9-11-24-18(17-16(32-24)10-8-12-25(4)20(17)29)21(30)26(19(24)22(27)31)13-6-5-7-15-28/h8-11,16-19,28H,5-7,12-15H2,1-4H3/t16-,17+,18-,19?,24-/m0/s1. The van der Waals surface area contributed by atoms with Crippen LogP contribution in [0.1, 0.15) is 40.0 Å². The first-order valence-electron chi connectivity index (χ1n) is 11.6. The van der Waals surface area contributed by atoms with E-state index < -0.39 is 35.1 Å². The van der Waals surface area contributed by atoms with E-state index >= 15 is 0 Å². The largest absolute Gasteiger partial charge is 0.396 e. The van der Waals surface area contributed by atoms with Crippen molar-refractivity contribution >= 4 is 17.7 Å². The molecule has 1 N–H and O–H groups in total. The summed E-state index contributed by atoms with van der Waals surface area (Å²) >= 11 is 0. The van der Waals surface area contributed by atoms with E-state index in [-0.39, 0.29) is 24.3 Å². The van der Waals surface area contributed by atoms with Crippen molar-refractivity contribution < 1.29 is 24.2 Å². The molecule has 2 fully saturated rings. The summed E-state index contributed by atoms with van der Waals surface area (Å²) in [7, 11) is 1.74. The molecule has 0 radical (unpaired) electrons. The van der Waals surface area contributed by atoms with E-state index in [0.29, 0.717) is 32.5 Å². The molecule has 4 heterocycles. The van der Waals surface area contributed by atoms with Crippen LogP contribution in [0, 0.1) is 11.8 Å². The predicted octanol–water partition coefficient (Wildman–Crippen LogP) is 0.955. The minimum atomic E-state index is -1.15. The highest BCUT2D eigenvalue weighted by Crippen LogP contribution is 2.53. The van der Waals surface area contributed by atoms with Gasteiger partial charge in [0.25, 0.3) is 0 Å². The number of hydrogen-bond acceptors (Lipinski definition) is 5. The van der Waals surface area contributed by atoms with Crippen LogP contribution < -0.4 is 0 Å². The fourth-order valence-corrected chi connectivity index (χ4v) is 5.68. The second kappa shape index (κ2) is 8.30. The summed E-state index contributed by atoms with van der Waals surface area (Å²) in [5.41, 5.74) is -1.58. The Hall–Kier alpha value is -2.19. The molecule has 32 heavy (non-hydrogen) atoms. The molecular weight excluding hydrogens is 410 g/mol. The molecule has 4 aliphatic heterocycles. The predicted molar refractivity (Wildman–Crippen MR) is 118 cm³/mol. The van der Waals surface area contributed by atoms with Crippen molar-refractivity contribution in [1.29, 1.82) is 0 Å². The quantitative estimate of drug-likeness (QED) is 0.503. The van der Waals surface area contributed by atoms with Crippen LogP contribution in [-0.4, -0.2) is 94.1 Å². The number of unbranched alkanes of at least 4 members (excludes halogenated alkanes) is 2. The molecular formula is C24H35N3O5. The molecule has 4 aliphatic rings. The number of ether oxygens (including phenoxy) is 1. The zero-order valence-electron chi connectivity index (χ0n) is 19.5. The maximum absolute atomic E-state index is 13.9. The van der Waals surface area contributed by atoms with Crippen molar-refractivity contribution in [3.05, 3.63) is 24.3 Å². The Balaban J connectivity index is 1.77. The number of aliphatic hydroxyl groups excluding tert-OH is 1. The Kier molecular flexibility index (Phi) is 5.96. The summed E-state index contributed by atoms with van der Waals surface area (Å²) < 4.78 is 6.55. The number of carbonyl (C=O) groups is 3. The average Bonchev–Trinajstić information content (AvgIpc) is 3.03. The molecule has 5 atom stereocenters. The molecule has 3 amide bonds. The molecule has 0 aromatic heterocycles. The maximum Gasteiger partial charge on any atom is 0.249 e. The number of rotatable bonds is 5. The summed E-state index contributed by atoms with van der Waals surface area (Å²) in [6.45, 7) is 7.36. The molecule has 0 bridgehead atoms. The van der Waals surface area contributed by atoms with Crippen molar-refractivity contribution in [3.8, 4) is 0 Å².